The van der Waals surface area contributed by atoms with Gasteiger partial charge < -0.3 is 31.7 Å². The van der Waals surface area contributed by atoms with E-state index < -0.39 is 24.3 Å². The van der Waals surface area contributed by atoms with Crippen LogP contribution in [-0.4, -0.2) is 70.3 Å². The Balaban J connectivity index is 2.10. The van der Waals surface area contributed by atoms with Crippen molar-refractivity contribution in [1.29, 1.82) is 0 Å². The van der Waals surface area contributed by atoms with E-state index in [0.717, 1.165) is 11.5 Å². The summed E-state index contributed by atoms with van der Waals surface area (Å²) in [4.78, 5) is 10.4. The predicted molar refractivity (Wildman–Crippen MR) is 69.3 cm³/mol. The van der Waals surface area contributed by atoms with E-state index in [2.05, 4.69) is 10.6 Å². The van der Waals surface area contributed by atoms with E-state index in [1.54, 1.807) is 11.8 Å². The summed E-state index contributed by atoms with van der Waals surface area (Å²) in [6.45, 7) is 0.804. The third-order valence-corrected chi connectivity index (χ3v) is 3.88. The summed E-state index contributed by atoms with van der Waals surface area (Å²) >= 11 is 1.63. The number of nitrogens with one attached hydrogen (secondary N) is 2. The number of aliphatic hydroxyl groups is 3. The normalized spacial score (nSPS) is 32.2. The van der Waals surface area contributed by atoms with Gasteiger partial charge >= 0.3 is 6.03 Å². The molecule has 1 aliphatic heterocycles. The van der Waals surface area contributed by atoms with Gasteiger partial charge in [-0.05, 0) is 12.2 Å². The lowest BCUT2D eigenvalue weighted by Gasteiger charge is -2.36. The smallest absolute Gasteiger partial charge is 0.312 e. The van der Waals surface area contributed by atoms with Crippen LogP contribution < -0.4 is 16.4 Å². The zero-order valence-corrected chi connectivity index (χ0v) is 10.9. The van der Waals surface area contributed by atoms with Crippen molar-refractivity contribution in [3.05, 3.63) is 0 Å². The van der Waals surface area contributed by atoms with Crippen LogP contribution in [-0.2, 0) is 0 Å². The minimum atomic E-state index is -1.09. The molecule has 7 nitrogen and oxygen atoms in total. The molecule has 0 saturated carbocycles. The Morgan fingerprint density at radius 3 is 2.72 bits per heavy atom. The van der Waals surface area contributed by atoms with Crippen molar-refractivity contribution in [3.8, 4) is 0 Å². The van der Waals surface area contributed by atoms with Crippen LogP contribution in [0.2, 0.25) is 0 Å². The molecule has 0 spiro atoms. The van der Waals surface area contributed by atoms with Crippen LogP contribution in [0, 0.1) is 0 Å². The third-order valence-electron chi connectivity index (χ3n) is 2.86. The van der Waals surface area contributed by atoms with E-state index in [-0.39, 0.29) is 12.6 Å². The predicted octanol–water partition coefficient (Wildman–Crippen LogP) is -2.17. The summed E-state index contributed by atoms with van der Waals surface area (Å²) in [5, 5.41) is 34.0. The van der Waals surface area contributed by atoms with Crippen LogP contribution >= 0.6 is 11.8 Å². The summed E-state index contributed by atoms with van der Waals surface area (Å²) in [5.74, 6) is 1.54. The molecule has 1 rings (SSSR count). The molecule has 4 unspecified atom stereocenters. The number of hydrogen-bond donors (Lipinski definition) is 6. The number of primary amides is 1. The van der Waals surface area contributed by atoms with Crippen LogP contribution in [0.5, 0.6) is 0 Å². The van der Waals surface area contributed by atoms with Crippen molar-refractivity contribution in [1.82, 2.24) is 10.6 Å². The van der Waals surface area contributed by atoms with E-state index in [4.69, 9.17) is 5.73 Å². The molecule has 1 fully saturated rings. The number of aliphatic hydroxyl groups excluding tert-OH is 3. The number of nitrogens with two attached hydrogens (primary N) is 1. The molecule has 7 N–H and O–H groups in total. The monoisotopic (exact) mass is 279 g/mol. The number of β-amino-alcohol motifs (C(OH)–C–C–N with tert-alkyl or cyclic N) is 1. The molecule has 1 aliphatic rings. The summed E-state index contributed by atoms with van der Waals surface area (Å²) in [7, 11) is 0. The van der Waals surface area contributed by atoms with E-state index in [9.17, 15) is 20.1 Å². The Hall–Kier alpha value is -0.540. The second-order valence-corrected chi connectivity index (χ2v) is 5.48. The van der Waals surface area contributed by atoms with Gasteiger partial charge in [0.05, 0.1) is 12.2 Å². The molecule has 0 aromatic carbocycles. The highest BCUT2D eigenvalue weighted by molar-refractivity contribution is 7.99. The second-order valence-electron chi connectivity index (χ2n) is 4.26. The number of piperidine rings is 1. The fourth-order valence-electron chi connectivity index (χ4n) is 1.81. The molecule has 0 radical (unpaired) electrons. The number of hydrogen-bond acceptors (Lipinski definition) is 6. The Bertz CT molecular complexity index is 270. The second kappa shape index (κ2) is 7.80. The molecule has 4 atom stereocenters. The van der Waals surface area contributed by atoms with Gasteiger partial charge in [0.1, 0.15) is 6.10 Å². The molecule has 1 saturated heterocycles. The number of amides is 2. The van der Waals surface area contributed by atoms with E-state index in [1.165, 1.54) is 0 Å². The molecular weight excluding hydrogens is 258 g/mol. The van der Waals surface area contributed by atoms with Crippen LogP contribution in [0.25, 0.3) is 0 Å². The number of carbonyl (C=O) groups excluding carboxylic acids is 1. The van der Waals surface area contributed by atoms with Gasteiger partial charge in [0.2, 0.25) is 0 Å². The van der Waals surface area contributed by atoms with Crippen molar-refractivity contribution in [2.45, 2.75) is 30.8 Å². The van der Waals surface area contributed by atoms with Crippen molar-refractivity contribution in [2.24, 2.45) is 5.73 Å². The van der Waals surface area contributed by atoms with E-state index in [0.29, 0.717) is 13.0 Å². The van der Waals surface area contributed by atoms with Gasteiger partial charge in [-0.15, -0.1) is 0 Å². The molecule has 1 heterocycles. The molecule has 0 aromatic rings. The van der Waals surface area contributed by atoms with Gasteiger partial charge in [0.25, 0.3) is 0 Å². The lowest BCUT2D eigenvalue weighted by atomic mass is 9.94. The maximum atomic E-state index is 10.4. The maximum absolute atomic E-state index is 10.4. The van der Waals surface area contributed by atoms with E-state index >= 15 is 0 Å². The summed E-state index contributed by atoms with van der Waals surface area (Å²) in [6.07, 6.45) is -2.26. The third kappa shape index (κ3) is 4.99. The van der Waals surface area contributed by atoms with Crippen molar-refractivity contribution < 1.29 is 20.1 Å². The lowest BCUT2D eigenvalue weighted by molar-refractivity contribution is -0.0941. The summed E-state index contributed by atoms with van der Waals surface area (Å²) < 4.78 is 0. The first-order chi connectivity index (χ1) is 8.52. The zero-order chi connectivity index (χ0) is 13.5. The van der Waals surface area contributed by atoms with Crippen LogP contribution in [0.15, 0.2) is 0 Å². The van der Waals surface area contributed by atoms with E-state index in [1.807, 2.05) is 0 Å². The first kappa shape index (κ1) is 15.5. The topological polar surface area (TPSA) is 128 Å². The van der Waals surface area contributed by atoms with Gasteiger partial charge in [-0.2, -0.15) is 11.8 Å². The molecule has 18 heavy (non-hydrogen) atoms. The van der Waals surface area contributed by atoms with Crippen molar-refractivity contribution in [2.75, 3.05) is 24.6 Å². The first-order valence-corrected chi connectivity index (χ1v) is 7.06. The molecule has 2 amide bonds. The molecule has 0 aliphatic carbocycles. The highest BCUT2D eigenvalue weighted by Gasteiger charge is 2.35. The maximum Gasteiger partial charge on any atom is 0.312 e. The van der Waals surface area contributed by atoms with Crippen LogP contribution in [0.3, 0.4) is 0 Å². The van der Waals surface area contributed by atoms with Crippen LogP contribution in [0.4, 0.5) is 4.79 Å². The molecular formula is C10H21N3O4S. The Morgan fingerprint density at radius 1 is 1.33 bits per heavy atom. The zero-order valence-electron chi connectivity index (χ0n) is 10.1. The highest BCUT2D eigenvalue weighted by atomic mass is 32.2. The fraction of sp³-hybridized carbons (Fsp3) is 0.900. The van der Waals surface area contributed by atoms with Gasteiger partial charge in [-0.25, -0.2) is 4.79 Å². The van der Waals surface area contributed by atoms with Gasteiger partial charge in [-0.3, -0.25) is 0 Å². The summed E-state index contributed by atoms with van der Waals surface area (Å²) in [6, 6.07) is -0.739. The molecule has 0 aromatic heterocycles. The Kier molecular flexibility index (Phi) is 6.72. The Labute approximate surface area is 110 Å². The van der Waals surface area contributed by atoms with Gasteiger partial charge in [-0.1, -0.05) is 0 Å². The molecule has 106 valence electrons. The van der Waals surface area contributed by atoms with Gasteiger partial charge in [0.15, 0.2) is 0 Å². The first-order valence-electron chi connectivity index (χ1n) is 5.91. The van der Waals surface area contributed by atoms with Crippen molar-refractivity contribution >= 4 is 17.8 Å². The SMILES string of the molecule is NC(=O)NCCSCCC1NCC(O)C(O)C1O. The average Bonchev–Trinajstić information content (AvgIpc) is 2.33. The summed E-state index contributed by atoms with van der Waals surface area (Å²) in [5.41, 5.74) is 4.92. The average molecular weight is 279 g/mol. The molecule has 8 heteroatoms. The van der Waals surface area contributed by atoms with Crippen LogP contribution in [0.1, 0.15) is 6.42 Å². The quantitative estimate of drug-likeness (QED) is 0.307. The minimum absolute atomic E-state index is 0.208. The van der Waals surface area contributed by atoms with Gasteiger partial charge in [0, 0.05) is 24.9 Å². The highest BCUT2D eigenvalue weighted by Crippen LogP contribution is 2.15. The lowest BCUT2D eigenvalue weighted by Crippen LogP contribution is -2.59. The number of thioether (sulfide) groups is 1. The number of rotatable bonds is 6. The standard InChI is InChI=1S/C10H21N3O4S/c11-10(17)12-2-4-18-3-1-6-8(15)9(16)7(14)5-13-6/h6-9,13-16H,1-5H2,(H3,11,12,17). The largest absolute Gasteiger partial charge is 0.389 e. The fourth-order valence-corrected chi connectivity index (χ4v) is 2.68. The van der Waals surface area contributed by atoms with Crippen molar-refractivity contribution in [3.63, 3.8) is 0 Å². The molecule has 0 bridgehead atoms. The minimum Gasteiger partial charge on any atom is -0.389 e. The number of carbonyl (C=O) groups is 1. The Morgan fingerprint density at radius 2 is 2.06 bits per heavy atom. The number of urea groups is 1.